The maximum absolute atomic E-state index is 12.5. The molecular weight excluding hydrogens is 392 g/mol. The molecule has 3 rings (SSSR count). The van der Waals surface area contributed by atoms with Crippen molar-refractivity contribution in [2.75, 3.05) is 18.3 Å². The van der Waals surface area contributed by atoms with Gasteiger partial charge in [-0.1, -0.05) is 18.2 Å². The molecule has 30 heavy (non-hydrogen) atoms. The van der Waals surface area contributed by atoms with Crippen LogP contribution in [-0.2, 0) is 14.3 Å². The standard InChI is InChI=1S/C21H20N2O7/c1-14(2)22(16-6-4-3-5-7-16)20(24)12-28-21(25)9-8-15-10-18-19(30-13-29-18)11-17(15)23(26)27/h3-11,14H,12-13H2,1-2H3/b9-8+. The highest BCUT2D eigenvalue weighted by Gasteiger charge is 2.23. The molecule has 0 unspecified atom stereocenters. The highest BCUT2D eigenvalue weighted by molar-refractivity contribution is 5.97. The molecule has 0 fully saturated rings. The summed E-state index contributed by atoms with van der Waals surface area (Å²) >= 11 is 0. The smallest absolute Gasteiger partial charge is 0.331 e. The number of carbonyl (C=O) groups is 2. The van der Waals surface area contributed by atoms with E-state index in [-0.39, 0.29) is 35.7 Å². The molecule has 156 valence electrons. The van der Waals surface area contributed by atoms with E-state index < -0.39 is 17.5 Å². The first kappa shape index (κ1) is 20.8. The van der Waals surface area contributed by atoms with Crippen LogP contribution in [0.15, 0.2) is 48.5 Å². The quantitative estimate of drug-likeness (QED) is 0.297. The number of rotatable bonds is 7. The average Bonchev–Trinajstić information content (AvgIpc) is 3.18. The number of nitro groups is 1. The van der Waals surface area contributed by atoms with E-state index in [1.54, 1.807) is 12.1 Å². The monoisotopic (exact) mass is 412 g/mol. The minimum absolute atomic E-state index is 0.0302. The van der Waals surface area contributed by atoms with Gasteiger partial charge in [-0.05, 0) is 38.1 Å². The maximum atomic E-state index is 12.5. The summed E-state index contributed by atoms with van der Waals surface area (Å²) in [5.74, 6) is -0.569. The Morgan fingerprint density at radius 2 is 1.87 bits per heavy atom. The highest BCUT2D eigenvalue weighted by Crippen LogP contribution is 2.38. The molecule has 1 aliphatic rings. The predicted molar refractivity (Wildman–Crippen MR) is 108 cm³/mol. The van der Waals surface area contributed by atoms with Crippen LogP contribution in [-0.4, -0.2) is 36.2 Å². The van der Waals surface area contributed by atoms with E-state index in [2.05, 4.69) is 0 Å². The van der Waals surface area contributed by atoms with E-state index in [0.29, 0.717) is 11.4 Å². The fraction of sp³-hybridized carbons (Fsp3) is 0.238. The lowest BCUT2D eigenvalue weighted by Crippen LogP contribution is -2.39. The lowest BCUT2D eigenvalue weighted by Gasteiger charge is -2.26. The molecule has 0 aliphatic carbocycles. The van der Waals surface area contributed by atoms with Crippen LogP contribution in [0.4, 0.5) is 11.4 Å². The number of amides is 1. The number of nitro benzene ring substituents is 1. The number of hydrogen-bond acceptors (Lipinski definition) is 7. The van der Waals surface area contributed by atoms with Gasteiger partial charge in [0.2, 0.25) is 6.79 Å². The molecule has 0 N–H and O–H groups in total. The Labute approximate surface area is 172 Å². The molecule has 0 spiro atoms. The van der Waals surface area contributed by atoms with Gasteiger partial charge in [0.05, 0.1) is 16.6 Å². The summed E-state index contributed by atoms with van der Waals surface area (Å²) in [6, 6.07) is 11.5. The molecule has 0 atom stereocenters. The second kappa shape index (κ2) is 9.08. The van der Waals surface area contributed by atoms with E-state index in [1.165, 1.54) is 23.1 Å². The van der Waals surface area contributed by atoms with E-state index in [0.717, 1.165) is 6.08 Å². The van der Waals surface area contributed by atoms with Crippen LogP contribution < -0.4 is 14.4 Å². The summed E-state index contributed by atoms with van der Waals surface area (Å²) in [5.41, 5.74) is 0.607. The number of para-hydroxylation sites is 1. The average molecular weight is 412 g/mol. The number of hydrogen-bond donors (Lipinski definition) is 0. The van der Waals surface area contributed by atoms with Gasteiger partial charge in [-0.3, -0.25) is 14.9 Å². The number of ether oxygens (including phenoxy) is 3. The third-order valence-corrected chi connectivity index (χ3v) is 4.27. The number of nitrogens with zero attached hydrogens (tertiary/aromatic N) is 2. The van der Waals surface area contributed by atoms with Gasteiger partial charge in [-0.15, -0.1) is 0 Å². The molecule has 0 bridgehead atoms. The fourth-order valence-corrected chi connectivity index (χ4v) is 2.97. The molecule has 9 heteroatoms. The van der Waals surface area contributed by atoms with Gasteiger partial charge in [0, 0.05) is 17.8 Å². The molecule has 9 nitrogen and oxygen atoms in total. The van der Waals surface area contributed by atoms with Crippen molar-refractivity contribution in [1.29, 1.82) is 0 Å². The van der Waals surface area contributed by atoms with Crippen LogP contribution in [0, 0.1) is 10.1 Å². The summed E-state index contributed by atoms with van der Waals surface area (Å²) < 4.78 is 15.4. The summed E-state index contributed by atoms with van der Waals surface area (Å²) in [7, 11) is 0. The second-order valence-corrected chi connectivity index (χ2v) is 6.66. The Balaban J connectivity index is 1.66. The molecule has 0 saturated heterocycles. The fourth-order valence-electron chi connectivity index (χ4n) is 2.97. The Bertz CT molecular complexity index is 986. The zero-order chi connectivity index (χ0) is 21.7. The van der Waals surface area contributed by atoms with Crippen LogP contribution in [0.2, 0.25) is 0 Å². The number of fused-ring (bicyclic) bond motifs is 1. The predicted octanol–water partition coefficient (Wildman–Crippen LogP) is 3.32. The van der Waals surface area contributed by atoms with Crippen molar-refractivity contribution in [1.82, 2.24) is 0 Å². The summed E-state index contributed by atoms with van der Waals surface area (Å²) in [5, 5.41) is 11.3. The largest absolute Gasteiger partial charge is 0.454 e. The number of esters is 1. The lowest BCUT2D eigenvalue weighted by molar-refractivity contribution is -0.385. The molecular formula is C21H20N2O7. The van der Waals surface area contributed by atoms with Crippen LogP contribution in [0.3, 0.4) is 0 Å². The number of carbonyl (C=O) groups excluding carboxylic acids is 2. The maximum Gasteiger partial charge on any atom is 0.331 e. The number of anilines is 1. The van der Waals surface area contributed by atoms with Crippen LogP contribution in [0.25, 0.3) is 6.08 Å². The second-order valence-electron chi connectivity index (χ2n) is 6.66. The number of benzene rings is 2. The molecule has 1 amide bonds. The molecule has 2 aromatic rings. The Hall–Kier alpha value is -3.88. The highest BCUT2D eigenvalue weighted by atomic mass is 16.7. The van der Waals surface area contributed by atoms with Gasteiger partial charge in [-0.25, -0.2) is 4.79 Å². The molecule has 2 aromatic carbocycles. The van der Waals surface area contributed by atoms with Crippen molar-refractivity contribution >= 4 is 29.3 Å². The van der Waals surface area contributed by atoms with Crippen molar-refractivity contribution in [3.05, 3.63) is 64.2 Å². The molecule has 1 heterocycles. The first-order chi connectivity index (χ1) is 14.4. The van der Waals surface area contributed by atoms with Gasteiger partial charge in [0.25, 0.3) is 11.6 Å². The van der Waals surface area contributed by atoms with E-state index >= 15 is 0 Å². The zero-order valence-electron chi connectivity index (χ0n) is 16.4. The van der Waals surface area contributed by atoms with Gasteiger partial charge in [0.15, 0.2) is 18.1 Å². The topological polar surface area (TPSA) is 108 Å². The van der Waals surface area contributed by atoms with Crippen molar-refractivity contribution < 1.29 is 28.7 Å². The van der Waals surface area contributed by atoms with Gasteiger partial charge < -0.3 is 19.1 Å². The third-order valence-electron chi connectivity index (χ3n) is 4.27. The Morgan fingerprint density at radius 1 is 1.20 bits per heavy atom. The van der Waals surface area contributed by atoms with E-state index in [1.807, 2.05) is 32.0 Å². The van der Waals surface area contributed by atoms with Crippen molar-refractivity contribution in [2.24, 2.45) is 0 Å². The molecule has 0 aromatic heterocycles. The summed E-state index contributed by atoms with van der Waals surface area (Å²) in [6.07, 6.45) is 2.27. The van der Waals surface area contributed by atoms with Crippen molar-refractivity contribution in [3.63, 3.8) is 0 Å². The zero-order valence-corrected chi connectivity index (χ0v) is 16.4. The minimum Gasteiger partial charge on any atom is -0.454 e. The summed E-state index contributed by atoms with van der Waals surface area (Å²) in [4.78, 5) is 36.8. The SMILES string of the molecule is CC(C)N(C(=O)COC(=O)/C=C/c1cc2c(cc1[N+](=O)[O-])OCO2)c1ccccc1. The van der Waals surface area contributed by atoms with Crippen LogP contribution in [0.1, 0.15) is 19.4 Å². The first-order valence-corrected chi connectivity index (χ1v) is 9.17. The van der Waals surface area contributed by atoms with Crippen molar-refractivity contribution in [2.45, 2.75) is 19.9 Å². The molecule has 0 saturated carbocycles. The lowest BCUT2D eigenvalue weighted by atomic mass is 10.1. The summed E-state index contributed by atoms with van der Waals surface area (Å²) in [6.45, 7) is 3.22. The van der Waals surface area contributed by atoms with Gasteiger partial charge >= 0.3 is 5.97 Å². The normalized spacial score (nSPS) is 12.2. The van der Waals surface area contributed by atoms with Crippen LogP contribution in [0.5, 0.6) is 11.5 Å². The molecule has 1 aliphatic heterocycles. The third kappa shape index (κ3) is 4.75. The van der Waals surface area contributed by atoms with E-state index in [4.69, 9.17) is 14.2 Å². The Morgan fingerprint density at radius 3 is 2.50 bits per heavy atom. The Kier molecular flexibility index (Phi) is 6.31. The van der Waals surface area contributed by atoms with Gasteiger partial charge in [0.1, 0.15) is 0 Å². The first-order valence-electron chi connectivity index (χ1n) is 9.17. The minimum atomic E-state index is -0.799. The molecule has 0 radical (unpaired) electrons. The van der Waals surface area contributed by atoms with Gasteiger partial charge in [-0.2, -0.15) is 0 Å². The van der Waals surface area contributed by atoms with Crippen molar-refractivity contribution in [3.8, 4) is 11.5 Å². The van der Waals surface area contributed by atoms with Crippen LogP contribution >= 0.6 is 0 Å². The van der Waals surface area contributed by atoms with E-state index in [9.17, 15) is 19.7 Å².